The zero-order valence-corrected chi connectivity index (χ0v) is 9.11. The van der Waals surface area contributed by atoms with Crippen LogP contribution in [0, 0.1) is 5.92 Å². The SMILES string of the molecule is CC(=O)C1CC=CC(N2CCCC2=O)C1. The lowest BCUT2D eigenvalue weighted by Gasteiger charge is -2.30. The van der Waals surface area contributed by atoms with Gasteiger partial charge in [0.2, 0.25) is 5.91 Å². The maximum atomic E-state index is 11.6. The highest BCUT2D eigenvalue weighted by Crippen LogP contribution is 2.26. The van der Waals surface area contributed by atoms with E-state index in [9.17, 15) is 9.59 Å². The summed E-state index contributed by atoms with van der Waals surface area (Å²) in [5, 5.41) is 0. The molecular formula is C12H17NO2. The highest BCUT2D eigenvalue weighted by Gasteiger charge is 2.30. The number of ketones is 1. The minimum Gasteiger partial charge on any atom is -0.336 e. The molecule has 0 radical (unpaired) electrons. The van der Waals surface area contributed by atoms with Crippen molar-refractivity contribution in [2.24, 2.45) is 5.92 Å². The predicted molar refractivity (Wildman–Crippen MR) is 57.3 cm³/mol. The van der Waals surface area contributed by atoms with E-state index < -0.39 is 0 Å². The first-order chi connectivity index (χ1) is 7.18. The van der Waals surface area contributed by atoms with E-state index in [2.05, 4.69) is 6.08 Å². The van der Waals surface area contributed by atoms with Crippen LogP contribution in [0.2, 0.25) is 0 Å². The number of Topliss-reactive ketones (excluding diaryl/α,β-unsaturated/α-hetero) is 1. The van der Waals surface area contributed by atoms with Crippen LogP contribution in [0.15, 0.2) is 12.2 Å². The summed E-state index contributed by atoms with van der Waals surface area (Å²) in [7, 11) is 0. The van der Waals surface area contributed by atoms with Crippen molar-refractivity contribution in [3.05, 3.63) is 12.2 Å². The Kier molecular flexibility index (Phi) is 2.89. The van der Waals surface area contributed by atoms with Gasteiger partial charge in [0.1, 0.15) is 5.78 Å². The minimum absolute atomic E-state index is 0.119. The summed E-state index contributed by atoms with van der Waals surface area (Å²) < 4.78 is 0. The molecule has 2 aliphatic rings. The second-order valence-electron chi connectivity index (χ2n) is 4.47. The van der Waals surface area contributed by atoms with Crippen molar-refractivity contribution >= 4 is 11.7 Å². The first-order valence-electron chi connectivity index (χ1n) is 5.65. The smallest absolute Gasteiger partial charge is 0.223 e. The molecular weight excluding hydrogens is 190 g/mol. The highest BCUT2D eigenvalue weighted by molar-refractivity contribution is 5.80. The molecule has 2 unspecified atom stereocenters. The average Bonchev–Trinajstić information content (AvgIpc) is 2.64. The number of allylic oxidation sites excluding steroid dienone is 1. The molecule has 0 aromatic heterocycles. The van der Waals surface area contributed by atoms with Gasteiger partial charge in [-0.25, -0.2) is 0 Å². The monoisotopic (exact) mass is 207 g/mol. The lowest BCUT2D eigenvalue weighted by molar-refractivity contribution is -0.130. The summed E-state index contributed by atoms with van der Waals surface area (Å²) in [5.41, 5.74) is 0. The van der Waals surface area contributed by atoms with Crippen molar-refractivity contribution in [1.29, 1.82) is 0 Å². The fourth-order valence-corrected chi connectivity index (χ4v) is 2.45. The van der Waals surface area contributed by atoms with E-state index in [1.807, 2.05) is 11.0 Å². The van der Waals surface area contributed by atoms with E-state index in [-0.39, 0.29) is 23.7 Å². The van der Waals surface area contributed by atoms with E-state index in [0.717, 1.165) is 25.8 Å². The quantitative estimate of drug-likeness (QED) is 0.644. The van der Waals surface area contributed by atoms with Gasteiger partial charge in [0, 0.05) is 18.9 Å². The zero-order valence-electron chi connectivity index (χ0n) is 9.11. The minimum atomic E-state index is 0.119. The summed E-state index contributed by atoms with van der Waals surface area (Å²) in [5.74, 6) is 0.609. The van der Waals surface area contributed by atoms with Gasteiger partial charge >= 0.3 is 0 Å². The van der Waals surface area contributed by atoms with Crippen molar-refractivity contribution in [3.8, 4) is 0 Å². The number of hydrogen-bond acceptors (Lipinski definition) is 2. The number of likely N-dealkylation sites (tertiary alicyclic amines) is 1. The summed E-state index contributed by atoms with van der Waals surface area (Å²) >= 11 is 0. The molecule has 2 atom stereocenters. The lowest BCUT2D eigenvalue weighted by atomic mass is 9.88. The van der Waals surface area contributed by atoms with Crippen molar-refractivity contribution in [3.63, 3.8) is 0 Å². The maximum absolute atomic E-state index is 11.6. The van der Waals surface area contributed by atoms with Crippen molar-refractivity contribution in [2.75, 3.05) is 6.54 Å². The molecule has 0 bridgehead atoms. The molecule has 1 fully saturated rings. The van der Waals surface area contributed by atoms with Crippen LogP contribution in [0.1, 0.15) is 32.6 Å². The second kappa shape index (κ2) is 4.17. The van der Waals surface area contributed by atoms with Crippen LogP contribution in [0.5, 0.6) is 0 Å². The number of carbonyl (C=O) groups excluding carboxylic acids is 2. The van der Waals surface area contributed by atoms with Gasteiger partial charge < -0.3 is 4.90 Å². The Morgan fingerprint density at radius 1 is 1.53 bits per heavy atom. The molecule has 15 heavy (non-hydrogen) atoms. The molecule has 1 amide bonds. The third kappa shape index (κ3) is 2.11. The fraction of sp³-hybridized carbons (Fsp3) is 0.667. The molecule has 0 saturated carbocycles. The predicted octanol–water partition coefficient (Wildman–Crippen LogP) is 1.53. The average molecular weight is 207 g/mol. The Balaban J connectivity index is 2.04. The van der Waals surface area contributed by atoms with E-state index in [0.29, 0.717) is 6.42 Å². The van der Waals surface area contributed by atoms with Gasteiger partial charge in [-0.15, -0.1) is 0 Å². The largest absolute Gasteiger partial charge is 0.336 e. The summed E-state index contributed by atoms with van der Waals surface area (Å²) in [6.07, 6.45) is 7.43. The van der Waals surface area contributed by atoms with Crippen LogP contribution >= 0.6 is 0 Å². The Bertz CT molecular complexity index is 309. The van der Waals surface area contributed by atoms with Gasteiger partial charge in [0.15, 0.2) is 0 Å². The molecule has 3 heteroatoms. The molecule has 1 saturated heterocycles. The number of hydrogen-bond donors (Lipinski definition) is 0. The van der Waals surface area contributed by atoms with E-state index in [1.165, 1.54) is 0 Å². The number of nitrogens with zero attached hydrogens (tertiary/aromatic N) is 1. The van der Waals surface area contributed by atoms with Crippen LogP contribution in [-0.4, -0.2) is 29.2 Å². The van der Waals surface area contributed by atoms with Gasteiger partial charge in [-0.2, -0.15) is 0 Å². The van der Waals surface area contributed by atoms with Crippen molar-refractivity contribution in [2.45, 2.75) is 38.6 Å². The first kappa shape index (κ1) is 10.4. The Morgan fingerprint density at radius 2 is 2.33 bits per heavy atom. The Hall–Kier alpha value is -1.12. The standard InChI is InChI=1S/C12H17NO2/c1-9(14)10-4-2-5-11(8-10)13-7-3-6-12(13)15/h2,5,10-11H,3-4,6-8H2,1H3. The van der Waals surface area contributed by atoms with Crippen LogP contribution in [0.25, 0.3) is 0 Å². The molecule has 1 aliphatic carbocycles. The second-order valence-corrected chi connectivity index (χ2v) is 4.47. The van der Waals surface area contributed by atoms with Gasteiger partial charge in [-0.1, -0.05) is 12.2 Å². The lowest BCUT2D eigenvalue weighted by Crippen LogP contribution is -2.38. The van der Waals surface area contributed by atoms with Crippen molar-refractivity contribution < 1.29 is 9.59 Å². The zero-order chi connectivity index (χ0) is 10.8. The molecule has 0 N–H and O–H groups in total. The topological polar surface area (TPSA) is 37.4 Å². The van der Waals surface area contributed by atoms with Crippen LogP contribution in [0.3, 0.4) is 0 Å². The van der Waals surface area contributed by atoms with E-state index in [4.69, 9.17) is 0 Å². The number of amides is 1. The fourth-order valence-electron chi connectivity index (χ4n) is 2.45. The maximum Gasteiger partial charge on any atom is 0.223 e. The number of carbonyl (C=O) groups is 2. The van der Waals surface area contributed by atoms with Crippen LogP contribution in [-0.2, 0) is 9.59 Å². The van der Waals surface area contributed by atoms with Crippen molar-refractivity contribution in [1.82, 2.24) is 4.90 Å². The van der Waals surface area contributed by atoms with Gasteiger partial charge in [0.25, 0.3) is 0 Å². The Labute approximate surface area is 90.1 Å². The third-order valence-electron chi connectivity index (χ3n) is 3.39. The van der Waals surface area contributed by atoms with Crippen LogP contribution in [0.4, 0.5) is 0 Å². The molecule has 0 spiro atoms. The third-order valence-corrected chi connectivity index (χ3v) is 3.39. The molecule has 0 aromatic rings. The van der Waals surface area contributed by atoms with E-state index in [1.54, 1.807) is 6.92 Å². The Morgan fingerprint density at radius 3 is 2.93 bits per heavy atom. The van der Waals surface area contributed by atoms with Crippen LogP contribution < -0.4 is 0 Å². The first-order valence-corrected chi connectivity index (χ1v) is 5.65. The summed E-state index contributed by atoms with van der Waals surface area (Å²) in [6, 6.07) is 0.169. The normalized spacial score (nSPS) is 31.0. The summed E-state index contributed by atoms with van der Waals surface area (Å²) in [4.78, 5) is 24.8. The van der Waals surface area contributed by atoms with Gasteiger partial charge in [-0.05, 0) is 26.2 Å². The molecule has 1 heterocycles. The molecule has 2 rings (SSSR count). The number of rotatable bonds is 2. The molecule has 3 nitrogen and oxygen atoms in total. The molecule has 0 aromatic carbocycles. The summed E-state index contributed by atoms with van der Waals surface area (Å²) in [6.45, 7) is 2.51. The van der Waals surface area contributed by atoms with E-state index >= 15 is 0 Å². The highest BCUT2D eigenvalue weighted by atomic mass is 16.2. The van der Waals surface area contributed by atoms with Gasteiger partial charge in [0.05, 0.1) is 6.04 Å². The molecule has 1 aliphatic heterocycles. The van der Waals surface area contributed by atoms with Gasteiger partial charge in [-0.3, -0.25) is 9.59 Å². The molecule has 82 valence electrons.